The van der Waals surface area contributed by atoms with E-state index < -0.39 is 51.0 Å². The number of hydrogen-bond donors (Lipinski definition) is 0. The highest BCUT2D eigenvalue weighted by Gasteiger charge is 2.23. The van der Waals surface area contributed by atoms with Crippen molar-refractivity contribution in [3.63, 3.8) is 0 Å². The molecule has 0 aliphatic rings. The zero-order valence-corrected chi connectivity index (χ0v) is 69.6. The van der Waals surface area contributed by atoms with Crippen molar-refractivity contribution in [3.8, 4) is 67.5 Å². The monoisotopic (exact) mass is 1550 g/mol. The van der Waals surface area contributed by atoms with Gasteiger partial charge in [0, 0.05) is 125 Å². The predicted molar refractivity (Wildman–Crippen MR) is 500 cm³/mol. The third kappa shape index (κ3) is 26.1. The number of rotatable bonds is 12. The summed E-state index contributed by atoms with van der Waals surface area (Å²) in [5.41, 5.74) is 30.4. The molecule has 12 aromatic rings. The highest BCUT2D eigenvalue weighted by molar-refractivity contribution is 5.66. The van der Waals surface area contributed by atoms with Gasteiger partial charge in [0.2, 0.25) is 34.2 Å². The summed E-state index contributed by atoms with van der Waals surface area (Å²) in [6.07, 6.45) is 11.4. The molecule has 114 heavy (non-hydrogen) atoms. The van der Waals surface area contributed by atoms with Gasteiger partial charge < -0.3 is 0 Å². The first-order valence-corrected chi connectivity index (χ1v) is 37.6. The first-order chi connectivity index (χ1) is 57.1. The van der Waals surface area contributed by atoms with Crippen LogP contribution in [0.1, 0.15) is 285 Å². The normalized spacial score (nSPS) is 14.1. The molecule has 2 atom stereocenters. The fourth-order valence-electron chi connectivity index (χ4n) is 14.0. The molecule has 0 saturated heterocycles. The van der Waals surface area contributed by atoms with Crippen LogP contribution in [0.5, 0.6) is 0 Å². The van der Waals surface area contributed by atoms with Gasteiger partial charge in [-0.05, 0) is 222 Å². The fraction of sp³-hybridized carbons (Fsp3) is 0.389. The van der Waals surface area contributed by atoms with Crippen molar-refractivity contribution in [2.75, 3.05) is 0 Å². The smallest absolute Gasteiger partial charge is 0.201 e. The molecule has 0 aliphatic heterocycles. The van der Waals surface area contributed by atoms with E-state index in [1.165, 1.54) is 104 Å². The Bertz CT molecular complexity index is 5760. The van der Waals surface area contributed by atoms with E-state index in [4.69, 9.17) is 21.9 Å². The van der Waals surface area contributed by atoms with Crippen molar-refractivity contribution < 1.29 is 49.3 Å². The van der Waals surface area contributed by atoms with Gasteiger partial charge in [0.15, 0.2) is 37.2 Å². The Labute approximate surface area is 721 Å². The van der Waals surface area contributed by atoms with Gasteiger partial charge in [0.05, 0.1) is 0 Å². The maximum Gasteiger partial charge on any atom is 0.212 e. The molecule has 0 amide bonds. The zero-order chi connectivity index (χ0) is 93.4. The fourth-order valence-corrected chi connectivity index (χ4v) is 14.0. The lowest BCUT2D eigenvalue weighted by molar-refractivity contribution is -0.661. The van der Waals surface area contributed by atoms with E-state index in [9.17, 15) is 0 Å². The van der Waals surface area contributed by atoms with Gasteiger partial charge in [-0.2, -0.15) is 0 Å². The van der Waals surface area contributed by atoms with Crippen molar-refractivity contribution >= 4 is 0 Å². The molecule has 0 aliphatic carbocycles. The van der Waals surface area contributed by atoms with Crippen LogP contribution in [0.3, 0.4) is 0 Å². The summed E-state index contributed by atoms with van der Waals surface area (Å²) in [7, 11) is 11.8. The molecular weight excluding hydrogens is 1380 g/mol. The van der Waals surface area contributed by atoms with Crippen molar-refractivity contribution in [1.29, 1.82) is 0 Å². The van der Waals surface area contributed by atoms with Crippen LogP contribution in [-0.4, -0.2) is 0 Å². The van der Waals surface area contributed by atoms with Crippen molar-refractivity contribution in [1.82, 2.24) is 0 Å². The van der Waals surface area contributed by atoms with Crippen LogP contribution in [0.2, 0.25) is 0 Å². The molecule has 6 aromatic carbocycles. The lowest BCUT2D eigenvalue weighted by atomic mass is 9.96. The minimum Gasteiger partial charge on any atom is -0.201 e. The highest BCUT2D eigenvalue weighted by Crippen LogP contribution is 2.32. The van der Waals surface area contributed by atoms with E-state index in [1.54, 1.807) is 37.9 Å². The molecule has 2 unspecified atom stereocenters. The van der Waals surface area contributed by atoms with Gasteiger partial charge in [-0.25, -0.2) is 27.4 Å². The average Bonchev–Trinajstić information content (AvgIpc) is 0.749. The molecule has 6 nitrogen and oxygen atoms in total. The molecule has 6 heterocycles. The molecule has 0 N–H and O–H groups in total. The Morgan fingerprint density at radius 2 is 0.421 bits per heavy atom. The summed E-state index contributed by atoms with van der Waals surface area (Å²) in [4.78, 5) is 0. The SMILES string of the molecule is C.C.C.C.C.C.Cc1ccccc1-c1cc(C(C)C)c(C)c[n+]1C.Cc1ccccc1-c1cc(C)c(C(C)C)c[n+]1C.[2H]C(C)(C)c1c[n+](C)c(-c2ccccc2C)cc1C.[2H]C([2H])([2H])C([2H])(C)c1c[n+](C)c(-c2ccccc2C)cc1C.[2H]C([2H])([2H])c1c[n+](C)c(-c2ccccc2C)cc1C([2H])(C)C.[2H]C([2H])([2H])c1c[n+](C)c(-c2ccccc2C)cc1C([2H])(C)C([2H])([2H])[2H]. The van der Waals surface area contributed by atoms with Crippen molar-refractivity contribution in [2.24, 2.45) is 42.3 Å². The minimum absolute atomic E-state index is 0. The summed E-state index contributed by atoms with van der Waals surface area (Å²) in [6.45, 7) is 30.1. The van der Waals surface area contributed by atoms with Crippen LogP contribution in [0, 0.1) is 82.9 Å². The van der Waals surface area contributed by atoms with E-state index in [1.807, 2.05) is 137 Å². The number of benzene rings is 6. The third-order valence-corrected chi connectivity index (χ3v) is 20.2. The van der Waals surface area contributed by atoms with Gasteiger partial charge in [0.25, 0.3) is 0 Å². The second-order valence-corrected chi connectivity index (χ2v) is 30.2. The topological polar surface area (TPSA) is 23.3 Å². The standard InChI is InChI=1S/6C17H22N.6CH4/c3*1-12(2)16-10-17(18(5)11-14(16)4)15-9-7-6-8-13(15)3;3*1-12(2)16-11-18(5)17(10-14(16)4)15-9-7-6-8-13(15)3;;;;;;/h6*6-12H,1-5H3;6*1H4/q6*+1;;;;;;/i1D3,4D3,12D;4D3,12D;;1D3,12D;12D;;;;;;;. The second kappa shape index (κ2) is 46.5. The zero-order valence-electron chi connectivity index (χ0n) is 85.6. The van der Waals surface area contributed by atoms with Gasteiger partial charge in [-0.15, -0.1) is 0 Å². The van der Waals surface area contributed by atoms with Crippen molar-refractivity contribution in [2.45, 2.75) is 246 Å². The van der Waals surface area contributed by atoms with Gasteiger partial charge >= 0.3 is 0 Å². The van der Waals surface area contributed by atoms with Gasteiger partial charge in [-0.1, -0.05) is 237 Å². The molecule has 0 spiro atoms. The maximum absolute atomic E-state index is 8.40. The molecule has 0 bridgehead atoms. The largest absolute Gasteiger partial charge is 0.212 e. The number of hydrogen-bond acceptors (Lipinski definition) is 0. The first-order valence-electron chi connectivity index (χ1n) is 45.6. The third-order valence-electron chi connectivity index (χ3n) is 20.2. The Kier molecular flexibility index (Phi) is 31.4. The highest BCUT2D eigenvalue weighted by atomic mass is 14.9. The Balaban J connectivity index is 0.000000775. The summed E-state index contributed by atoms with van der Waals surface area (Å²) in [6, 6.07) is 61.4. The lowest BCUT2D eigenvalue weighted by Crippen LogP contribution is -2.32. The van der Waals surface area contributed by atoms with Crippen LogP contribution in [0.25, 0.3) is 67.5 Å². The number of nitrogens with zero attached hydrogens (tertiary/aromatic N) is 6. The molecule has 6 heteroatoms. The quantitative estimate of drug-likeness (QED) is 0.109. The molecule has 12 rings (SSSR count). The molecule has 0 fully saturated rings. The molecule has 0 radical (unpaired) electrons. The lowest BCUT2D eigenvalue weighted by Gasteiger charge is -2.11. The predicted octanol–water partition coefficient (Wildman–Crippen LogP) is 27.3. The van der Waals surface area contributed by atoms with E-state index in [-0.39, 0.29) is 61.3 Å². The van der Waals surface area contributed by atoms with Crippen molar-refractivity contribution in [3.05, 3.63) is 319 Å². The van der Waals surface area contributed by atoms with Crippen LogP contribution in [0.4, 0.5) is 0 Å². The number of pyridine rings is 6. The Hall–Kier alpha value is -9.78. The van der Waals surface area contributed by atoms with Crippen LogP contribution in [0.15, 0.2) is 219 Å². The Morgan fingerprint density at radius 3 is 0.667 bits per heavy atom. The van der Waals surface area contributed by atoms with Crippen LogP contribution in [-0.2, 0) is 42.3 Å². The van der Waals surface area contributed by atoms with E-state index in [0.717, 1.165) is 55.9 Å². The summed E-state index contributed by atoms with van der Waals surface area (Å²) in [5.74, 6) is -4.07. The van der Waals surface area contributed by atoms with Gasteiger partial charge in [0.1, 0.15) is 42.3 Å². The summed E-state index contributed by atoms with van der Waals surface area (Å²) >= 11 is 0. The molecule has 0 saturated carbocycles. The van der Waals surface area contributed by atoms with E-state index >= 15 is 0 Å². The average molecular weight is 1550 g/mol. The summed E-state index contributed by atoms with van der Waals surface area (Å²) < 4.78 is 138. The van der Waals surface area contributed by atoms with Crippen LogP contribution >= 0.6 is 0 Å². The minimum atomic E-state index is -2.66. The second-order valence-electron chi connectivity index (χ2n) is 30.2. The molecule has 612 valence electrons. The maximum atomic E-state index is 8.40. The number of aryl methyl sites for hydroxylation is 18. The first kappa shape index (κ1) is 76.8. The van der Waals surface area contributed by atoms with Gasteiger partial charge in [-0.3, -0.25) is 0 Å². The number of aromatic nitrogens is 6. The molecular formula is C108H156N6+6. The Morgan fingerprint density at radius 1 is 0.219 bits per heavy atom. The molecule has 6 aromatic heterocycles. The van der Waals surface area contributed by atoms with E-state index in [0.29, 0.717) is 28.7 Å². The summed E-state index contributed by atoms with van der Waals surface area (Å²) in [5, 5.41) is 0. The van der Waals surface area contributed by atoms with Crippen LogP contribution < -0.4 is 27.4 Å². The van der Waals surface area contributed by atoms with E-state index in [2.05, 4.69) is 227 Å².